The van der Waals surface area contributed by atoms with E-state index in [9.17, 15) is 29.3 Å². The minimum absolute atomic E-state index is 0.212. The summed E-state index contributed by atoms with van der Waals surface area (Å²) < 4.78 is 44.2. The highest BCUT2D eigenvalue weighted by Gasteiger charge is 2.53. The maximum atomic E-state index is 14.1. The lowest BCUT2D eigenvalue weighted by atomic mass is 9.90. The van der Waals surface area contributed by atoms with Crippen molar-refractivity contribution in [2.45, 2.75) is 121 Å². The zero-order valence-electron chi connectivity index (χ0n) is 20.9. The Balaban J connectivity index is 3.21. The summed E-state index contributed by atoms with van der Waals surface area (Å²) in [6.07, 6.45) is -2.39. The van der Waals surface area contributed by atoms with Gasteiger partial charge in [-0.15, -0.1) is 0 Å². The fraction of sp³-hybridized carbons (Fsp3) is 1.00. The van der Waals surface area contributed by atoms with Crippen molar-refractivity contribution in [3.63, 3.8) is 0 Å². The summed E-state index contributed by atoms with van der Waals surface area (Å²) in [4.78, 5) is 10.3. The molecular formula is C19H42B2O9P2. The highest BCUT2D eigenvalue weighted by molar-refractivity contribution is 7.84. The Morgan fingerprint density at radius 3 is 1.94 bits per heavy atom. The molecule has 9 atom stereocenters. The van der Waals surface area contributed by atoms with Crippen molar-refractivity contribution in [3.8, 4) is 0 Å². The largest absolute Gasteiger partial charge is 0.388 e. The van der Waals surface area contributed by atoms with Gasteiger partial charge in [0, 0.05) is 6.42 Å². The van der Waals surface area contributed by atoms with E-state index < -0.39 is 61.4 Å². The van der Waals surface area contributed by atoms with Crippen molar-refractivity contribution < 1.29 is 43.1 Å². The lowest BCUT2D eigenvalue weighted by molar-refractivity contribution is -0.0339. The van der Waals surface area contributed by atoms with Gasteiger partial charge in [-0.3, -0.25) is 4.57 Å². The molecule has 0 aromatic carbocycles. The van der Waals surface area contributed by atoms with Crippen molar-refractivity contribution in [1.82, 2.24) is 0 Å². The highest BCUT2D eigenvalue weighted by atomic mass is 31.2. The number of aliphatic hydroxyl groups is 3. The number of aliphatic hydroxyl groups excluding tert-OH is 2. The van der Waals surface area contributed by atoms with E-state index in [0.717, 1.165) is 0 Å². The van der Waals surface area contributed by atoms with Crippen molar-refractivity contribution in [2.24, 2.45) is 0 Å². The summed E-state index contributed by atoms with van der Waals surface area (Å²) in [6, 6.07) is -0.524. The van der Waals surface area contributed by atoms with Crippen LogP contribution in [0.3, 0.4) is 0 Å². The third-order valence-corrected chi connectivity index (χ3v) is 12.2. The first kappa shape index (κ1) is 30.3. The smallest absolute Gasteiger partial charge is 0.359 e. The van der Waals surface area contributed by atoms with Crippen LogP contribution in [0, 0.1) is 0 Å². The molecule has 0 saturated carbocycles. The van der Waals surface area contributed by atoms with Crippen LogP contribution < -0.4 is 0 Å². The number of hydrogen-bond acceptors (Lipinski definition) is 8. The molecular weight excluding hydrogens is 456 g/mol. The molecule has 0 aromatic heterocycles. The van der Waals surface area contributed by atoms with E-state index >= 15 is 0 Å². The van der Waals surface area contributed by atoms with Gasteiger partial charge in [0.05, 0.1) is 29.0 Å². The summed E-state index contributed by atoms with van der Waals surface area (Å²) in [7, 11) is -4.77. The van der Waals surface area contributed by atoms with Crippen LogP contribution in [0.5, 0.6) is 0 Å². The Kier molecular flexibility index (Phi) is 9.97. The van der Waals surface area contributed by atoms with Crippen molar-refractivity contribution in [3.05, 3.63) is 0 Å². The molecule has 1 rings (SSSR count). The molecule has 9 nitrogen and oxygen atoms in total. The molecule has 13 heteroatoms. The first-order valence-corrected chi connectivity index (χ1v) is 15.0. The molecule has 1 fully saturated rings. The van der Waals surface area contributed by atoms with Gasteiger partial charge in [-0.25, -0.2) is 0 Å². The number of ether oxygens (including phenoxy) is 1. The Bertz CT molecular complexity index is 734. The molecule has 1 heterocycles. The van der Waals surface area contributed by atoms with Gasteiger partial charge in [-0.2, -0.15) is 0 Å². The van der Waals surface area contributed by atoms with Crippen LogP contribution in [0.4, 0.5) is 0 Å². The summed E-state index contributed by atoms with van der Waals surface area (Å²) in [6.45, 7) is 11.3. The standard InChI is InChI=1S/C19H42B2O9P2/c1-8-13(29-32(26,27)17(4,5)24)19(7,10-3)31(21,25)30-18(6,9-2)11-12-14(22)15(23)16(20)28-12/h12-16,22-24H,8-11,20-21H2,1-7H3,(H,26,27)/t12-,13?,14-,15-,16-,18?,19?,31?/m1/s1. The lowest BCUT2D eigenvalue weighted by Gasteiger charge is -2.46. The van der Waals surface area contributed by atoms with E-state index in [1.54, 1.807) is 28.6 Å². The predicted molar refractivity (Wildman–Crippen MR) is 130 cm³/mol. The second-order valence-corrected chi connectivity index (χ2v) is 15.3. The molecule has 0 aliphatic carbocycles. The molecule has 1 aliphatic rings. The van der Waals surface area contributed by atoms with Crippen molar-refractivity contribution >= 4 is 30.3 Å². The fourth-order valence-electron chi connectivity index (χ4n) is 4.01. The molecule has 0 spiro atoms. The zero-order valence-corrected chi connectivity index (χ0v) is 22.7. The Labute approximate surface area is 194 Å². The van der Waals surface area contributed by atoms with E-state index in [1.165, 1.54) is 21.4 Å². The first-order valence-electron chi connectivity index (χ1n) is 11.3. The maximum absolute atomic E-state index is 14.1. The second kappa shape index (κ2) is 10.5. The topological polar surface area (TPSA) is 143 Å². The molecule has 1 aliphatic heterocycles. The van der Waals surface area contributed by atoms with Gasteiger partial charge in [0.1, 0.15) is 20.1 Å². The monoisotopic (exact) mass is 498 g/mol. The Morgan fingerprint density at radius 2 is 1.59 bits per heavy atom. The first-order chi connectivity index (χ1) is 14.3. The van der Waals surface area contributed by atoms with Gasteiger partial charge in [0.25, 0.3) is 0 Å². The Morgan fingerprint density at radius 1 is 1.06 bits per heavy atom. The molecule has 1 saturated heterocycles. The maximum Gasteiger partial charge on any atom is 0.359 e. The van der Waals surface area contributed by atoms with Crippen LogP contribution in [0.15, 0.2) is 0 Å². The van der Waals surface area contributed by atoms with E-state index in [2.05, 4.69) is 0 Å². The molecule has 0 aromatic rings. The van der Waals surface area contributed by atoms with Crippen LogP contribution in [0.25, 0.3) is 0 Å². The summed E-state index contributed by atoms with van der Waals surface area (Å²) in [5.74, 6) is 0. The normalized spacial score (nSPS) is 33.0. The fourth-order valence-corrected chi connectivity index (χ4v) is 7.66. The molecule has 188 valence electrons. The van der Waals surface area contributed by atoms with Crippen LogP contribution in [-0.4, -0.2) is 82.1 Å². The van der Waals surface area contributed by atoms with Crippen LogP contribution in [0.1, 0.15) is 74.1 Å². The quantitative estimate of drug-likeness (QED) is 0.232. The molecule has 0 radical (unpaired) electrons. The predicted octanol–water partition coefficient (Wildman–Crippen LogP) is 1.35. The van der Waals surface area contributed by atoms with Gasteiger partial charge >= 0.3 is 7.60 Å². The van der Waals surface area contributed by atoms with E-state index in [1.807, 2.05) is 13.8 Å². The average molecular weight is 498 g/mol. The average Bonchev–Trinajstić information content (AvgIpc) is 2.90. The third kappa shape index (κ3) is 6.30. The van der Waals surface area contributed by atoms with Crippen molar-refractivity contribution in [2.75, 3.05) is 0 Å². The minimum atomic E-state index is -4.43. The van der Waals surface area contributed by atoms with Crippen LogP contribution in [0.2, 0.25) is 0 Å². The van der Waals surface area contributed by atoms with Crippen LogP contribution >= 0.6 is 14.8 Å². The van der Waals surface area contributed by atoms with Gasteiger partial charge in [0.15, 0.2) is 12.6 Å². The Hall–Kier alpha value is 0.310. The summed E-state index contributed by atoms with van der Waals surface area (Å²) >= 11 is 0. The molecule has 0 amide bonds. The summed E-state index contributed by atoms with van der Waals surface area (Å²) in [5.41, 5.74) is -0.951. The van der Waals surface area contributed by atoms with E-state index in [4.69, 9.17) is 13.8 Å². The highest BCUT2D eigenvalue weighted by Crippen LogP contribution is 2.65. The molecule has 4 N–H and O–H groups in total. The molecule has 5 unspecified atom stereocenters. The second-order valence-electron chi connectivity index (χ2n) is 10.0. The van der Waals surface area contributed by atoms with Crippen molar-refractivity contribution in [1.29, 1.82) is 0 Å². The van der Waals surface area contributed by atoms with Gasteiger partial charge < -0.3 is 38.6 Å². The number of rotatable bonds is 12. The number of hydrogen-bond donors (Lipinski definition) is 4. The van der Waals surface area contributed by atoms with E-state index in [-0.39, 0.29) is 12.8 Å². The van der Waals surface area contributed by atoms with Crippen LogP contribution in [-0.2, 0) is 22.9 Å². The lowest BCUT2D eigenvalue weighted by Crippen LogP contribution is -2.45. The molecule has 32 heavy (non-hydrogen) atoms. The third-order valence-electron chi connectivity index (χ3n) is 7.05. The van der Waals surface area contributed by atoms with Gasteiger partial charge in [-0.05, 0) is 47.0 Å². The van der Waals surface area contributed by atoms with E-state index in [0.29, 0.717) is 12.8 Å². The van der Waals surface area contributed by atoms with Gasteiger partial charge in [0.2, 0.25) is 7.57 Å². The molecule has 0 bridgehead atoms. The SMILES string of the molecule is B[C@@H]1O[C@H](CC(C)(CC)OP(B)(=O)C(C)(CC)C(CC)OP(=O)(O)C(C)(C)O)[C@@H](O)[C@H]1O. The minimum Gasteiger partial charge on any atom is -0.388 e. The zero-order chi connectivity index (χ0) is 25.3. The van der Waals surface area contributed by atoms with Gasteiger partial charge in [-0.1, -0.05) is 20.8 Å². The summed E-state index contributed by atoms with van der Waals surface area (Å²) in [5, 5.41) is 27.3.